The number of rotatable bonds is 4. The van der Waals surface area contributed by atoms with Gasteiger partial charge in [0.15, 0.2) is 17.3 Å². The maximum absolute atomic E-state index is 15.3. The number of nitrogens with zero attached hydrogens (tertiary/aromatic N) is 5. The van der Waals surface area contributed by atoms with Gasteiger partial charge >= 0.3 is 0 Å². The summed E-state index contributed by atoms with van der Waals surface area (Å²) < 4.78 is 30.7. The van der Waals surface area contributed by atoms with Crippen molar-refractivity contribution >= 4 is 46.1 Å². The molecule has 0 aliphatic carbocycles. The molecule has 1 amide bonds. The van der Waals surface area contributed by atoms with Crippen LogP contribution in [0.1, 0.15) is 6.42 Å². The molecule has 1 aliphatic rings. The van der Waals surface area contributed by atoms with Crippen LogP contribution in [0.25, 0.3) is 27.8 Å². The number of H-pyrrole nitrogens is 1. The Bertz CT molecular complexity index is 1250. The van der Waals surface area contributed by atoms with Crippen molar-refractivity contribution in [2.45, 2.75) is 12.6 Å². The highest BCUT2D eigenvalue weighted by Crippen LogP contribution is 2.43. The van der Waals surface area contributed by atoms with Crippen LogP contribution in [0.15, 0.2) is 24.8 Å². The number of imidazole rings is 1. The van der Waals surface area contributed by atoms with Crippen LogP contribution >= 0.6 is 11.6 Å². The molecule has 148 valence electrons. The van der Waals surface area contributed by atoms with Gasteiger partial charge in [0.05, 0.1) is 34.8 Å². The van der Waals surface area contributed by atoms with Gasteiger partial charge in [-0.25, -0.2) is 13.8 Å². The quantitative estimate of drug-likeness (QED) is 0.498. The monoisotopic (exact) mass is 417 g/mol. The summed E-state index contributed by atoms with van der Waals surface area (Å²) in [5.74, 6) is -0.293. The van der Waals surface area contributed by atoms with Gasteiger partial charge in [-0.1, -0.05) is 11.6 Å². The highest BCUT2D eigenvalue weighted by Gasteiger charge is 2.30. The third-order valence-corrected chi connectivity index (χ3v) is 5.37. The Hall–Kier alpha value is -3.27. The Kier molecular flexibility index (Phi) is 4.09. The molecule has 4 aromatic rings. The molecule has 0 radical (unpaired) electrons. The molecular weight excluding hydrogens is 404 g/mol. The van der Waals surface area contributed by atoms with E-state index in [2.05, 4.69) is 25.5 Å². The molecule has 3 aromatic heterocycles. The first-order valence-corrected chi connectivity index (χ1v) is 9.23. The summed E-state index contributed by atoms with van der Waals surface area (Å²) in [6.07, 6.45) is 6.13. The molecule has 0 spiro atoms. The molecule has 1 unspecified atom stereocenters. The van der Waals surface area contributed by atoms with Crippen LogP contribution in [0, 0.1) is 5.82 Å². The Morgan fingerprint density at radius 2 is 2.21 bits per heavy atom. The summed E-state index contributed by atoms with van der Waals surface area (Å²) in [4.78, 5) is 20.8. The van der Waals surface area contributed by atoms with E-state index in [-0.39, 0.29) is 17.3 Å². The average Bonchev–Trinajstić information content (AvgIpc) is 3.42. The lowest BCUT2D eigenvalue weighted by Crippen LogP contribution is -2.22. The van der Waals surface area contributed by atoms with Crippen molar-refractivity contribution < 1.29 is 13.6 Å². The minimum Gasteiger partial charge on any atom is -0.364 e. The molecule has 4 heterocycles. The van der Waals surface area contributed by atoms with Gasteiger partial charge in [0.25, 0.3) is 0 Å². The van der Waals surface area contributed by atoms with Gasteiger partial charge in [0.2, 0.25) is 6.41 Å². The van der Waals surface area contributed by atoms with Crippen LogP contribution in [0.5, 0.6) is 0 Å². The minimum atomic E-state index is -1.01. The summed E-state index contributed by atoms with van der Waals surface area (Å²) in [5, 5.41) is 9.78. The van der Waals surface area contributed by atoms with Gasteiger partial charge in [-0.15, -0.1) is 0 Å². The van der Waals surface area contributed by atoms with E-state index >= 15 is 4.39 Å². The number of aromatic nitrogens is 5. The maximum Gasteiger partial charge on any atom is 0.212 e. The predicted octanol–water partition coefficient (Wildman–Crippen LogP) is 3.18. The van der Waals surface area contributed by atoms with Crippen LogP contribution in [-0.4, -0.2) is 50.2 Å². The van der Waals surface area contributed by atoms with E-state index in [1.54, 1.807) is 27.9 Å². The van der Waals surface area contributed by atoms with Crippen molar-refractivity contribution in [1.29, 1.82) is 0 Å². The fraction of sp³-hybridized carbons (Fsp3) is 0.222. The topological polar surface area (TPSA) is 91.2 Å². The molecule has 29 heavy (non-hydrogen) atoms. The number of hydrogen-bond donors (Lipinski definition) is 2. The van der Waals surface area contributed by atoms with E-state index in [9.17, 15) is 9.18 Å². The molecule has 1 fully saturated rings. The lowest BCUT2D eigenvalue weighted by atomic mass is 10.0. The third kappa shape index (κ3) is 2.79. The molecule has 0 saturated carbocycles. The van der Waals surface area contributed by atoms with Gasteiger partial charge in [-0.2, -0.15) is 5.10 Å². The molecule has 1 saturated heterocycles. The number of anilines is 2. The van der Waals surface area contributed by atoms with Crippen LogP contribution in [0.3, 0.4) is 0 Å². The highest BCUT2D eigenvalue weighted by molar-refractivity contribution is 6.35. The molecule has 8 nitrogen and oxygen atoms in total. The van der Waals surface area contributed by atoms with Gasteiger partial charge in [0.1, 0.15) is 11.9 Å². The Morgan fingerprint density at radius 3 is 2.97 bits per heavy atom. The van der Waals surface area contributed by atoms with Crippen LogP contribution in [-0.2, 0) is 4.79 Å². The van der Waals surface area contributed by atoms with E-state index in [4.69, 9.17) is 11.6 Å². The van der Waals surface area contributed by atoms with E-state index in [1.807, 2.05) is 0 Å². The minimum absolute atomic E-state index is 0.104. The van der Waals surface area contributed by atoms with E-state index < -0.39 is 12.0 Å². The fourth-order valence-corrected chi connectivity index (χ4v) is 4.01. The van der Waals surface area contributed by atoms with Crippen molar-refractivity contribution in [1.82, 2.24) is 24.6 Å². The van der Waals surface area contributed by atoms with Gasteiger partial charge in [-0.05, 0) is 6.42 Å². The Morgan fingerprint density at radius 1 is 1.34 bits per heavy atom. The summed E-state index contributed by atoms with van der Waals surface area (Å²) in [7, 11) is 0. The van der Waals surface area contributed by atoms with Crippen molar-refractivity contribution in [2.75, 3.05) is 23.3 Å². The standard InChI is InChI=1S/C18H14ClF2N7O/c19-15-14(11-6-28-7-12(23-8-29)25-13(28)4-22-11)10-3-24-26-17(10)18(16(15)21)27-2-1-9(20)5-27/h3-4,6-9H,1-2,5H2,(H,23,29)(H,24,26). The lowest BCUT2D eigenvalue weighted by molar-refractivity contribution is -0.105. The summed E-state index contributed by atoms with van der Waals surface area (Å²) in [6.45, 7) is 0.500. The molecule has 0 bridgehead atoms. The number of hydrogen-bond acceptors (Lipinski definition) is 5. The zero-order valence-corrected chi connectivity index (χ0v) is 15.6. The van der Waals surface area contributed by atoms with Crippen LogP contribution in [0.2, 0.25) is 5.02 Å². The maximum atomic E-state index is 15.3. The first-order valence-electron chi connectivity index (χ1n) is 8.85. The molecule has 2 N–H and O–H groups in total. The molecular formula is C18H14ClF2N7O. The summed E-state index contributed by atoms with van der Waals surface area (Å²) in [5.41, 5.74) is 1.92. The van der Waals surface area contributed by atoms with Crippen molar-refractivity contribution in [3.8, 4) is 11.3 Å². The number of amides is 1. The van der Waals surface area contributed by atoms with Crippen molar-refractivity contribution in [3.05, 3.63) is 35.6 Å². The highest BCUT2D eigenvalue weighted by atomic mass is 35.5. The summed E-state index contributed by atoms with van der Waals surface area (Å²) >= 11 is 6.43. The Labute approximate surface area is 167 Å². The van der Waals surface area contributed by atoms with E-state index in [1.165, 1.54) is 6.20 Å². The Balaban J connectivity index is 1.70. The number of fused-ring (bicyclic) bond motifs is 2. The smallest absolute Gasteiger partial charge is 0.212 e. The SMILES string of the molecule is O=CNc1cn2cc(-c3c(Cl)c(F)c(N4CCC(F)C4)c4[nH]ncc34)ncc2n1. The molecule has 11 heteroatoms. The largest absolute Gasteiger partial charge is 0.364 e. The van der Waals surface area contributed by atoms with Gasteiger partial charge in [0, 0.05) is 30.2 Å². The van der Waals surface area contributed by atoms with Crippen molar-refractivity contribution in [2.24, 2.45) is 0 Å². The molecule has 5 rings (SSSR count). The predicted molar refractivity (Wildman–Crippen MR) is 104 cm³/mol. The third-order valence-electron chi connectivity index (χ3n) is 5.02. The zero-order valence-electron chi connectivity index (χ0n) is 14.9. The number of nitrogens with one attached hydrogen (secondary N) is 2. The number of alkyl halides is 1. The van der Waals surface area contributed by atoms with Crippen LogP contribution < -0.4 is 10.2 Å². The normalized spacial score (nSPS) is 16.8. The fourth-order valence-electron chi connectivity index (χ4n) is 3.72. The lowest BCUT2D eigenvalue weighted by Gasteiger charge is -2.21. The second kappa shape index (κ2) is 6.66. The van der Waals surface area contributed by atoms with Crippen LogP contribution in [0.4, 0.5) is 20.3 Å². The number of halogens is 3. The number of benzene rings is 1. The van der Waals surface area contributed by atoms with E-state index in [0.717, 1.165) is 0 Å². The zero-order chi connectivity index (χ0) is 20.1. The molecule has 1 aromatic carbocycles. The molecule has 1 atom stereocenters. The number of carbonyl (C=O) groups excluding carboxylic acids is 1. The first-order chi connectivity index (χ1) is 14.1. The number of carbonyl (C=O) groups is 1. The summed E-state index contributed by atoms with van der Waals surface area (Å²) in [6, 6.07) is 0. The second-order valence-corrected chi connectivity index (χ2v) is 7.15. The van der Waals surface area contributed by atoms with Gasteiger partial charge < -0.3 is 14.6 Å². The molecule has 1 aliphatic heterocycles. The first kappa shape index (κ1) is 17.8. The van der Waals surface area contributed by atoms with Crippen molar-refractivity contribution in [3.63, 3.8) is 0 Å². The average molecular weight is 418 g/mol. The number of aromatic amines is 1. The van der Waals surface area contributed by atoms with E-state index in [0.29, 0.717) is 53.0 Å². The second-order valence-electron chi connectivity index (χ2n) is 6.77. The van der Waals surface area contributed by atoms with Gasteiger partial charge in [-0.3, -0.25) is 14.9 Å².